The van der Waals surface area contributed by atoms with Gasteiger partial charge in [-0.25, -0.2) is 0 Å². The van der Waals surface area contributed by atoms with Crippen LogP contribution < -0.4 is 4.74 Å². The van der Waals surface area contributed by atoms with Gasteiger partial charge in [-0.05, 0) is 31.0 Å². The second-order valence-corrected chi connectivity index (χ2v) is 6.21. The lowest BCUT2D eigenvalue weighted by Gasteiger charge is -2.19. The Bertz CT molecular complexity index is 787. The number of alkyl halides is 3. The number of hydrogen-bond acceptors (Lipinski definition) is 4. The zero-order valence-corrected chi connectivity index (χ0v) is 14.8. The van der Waals surface area contributed by atoms with E-state index in [1.165, 1.54) is 30.3 Å². The van der Waals surface area contributed by atoms with Crippen molar-refractivity contribution >= 4 is 5.97 Å². The summed E-state index contributed by atoms with van der Waals surface area (Å²) in [4.78, 5) is 12.1. The zero-order valence-electron chi connectivity index (χ0n) is 14.8. The Morgan fingerprint density at radius 2 is 1.70 bits per heavy atom. The van der Waals surface area contributed by atoms with E-state index in [2.05, 4.69) is 0 Å². The molecule has 2 aromatic carbocycles. The molecule has 0 fully saturated rings. The molecule has 0 bridgehead atoms. The maximum atomic E-state index is 13.0. The molecule has 27 heavy (non-hydrogen) atoms. The van der Waals surface area contributed by atoms with Crippen LogP contribution in [-0.2, 0) is 4.79 Å². The van der Waals surface area contributed by atoms with Gasteiger partial charge in [-0.15, -0.1) is 0 Å². The monoisotopic (exact) mass is 382 g/mol. The Labute approximate surface area is 155 Å². The summed E-state index contributed by atoms with van der Waals surface area (Å²) < 4.78 is 44.1. The number of para-hydroxylation sites is 1. The highest BCUT2D eigenvalue weighted by molar-refractivity contribution is 5.83. The van der Waals surface area contributed by atoms with E-state index in [1.807, 2.05) is 0 Å². The molecule has 0 spiro atoms. The van der Waals surface area contributed by atoms with Gasteiger partial charge in [-0.3, -0.25) is 4.79 Å². The molecule has 4 nitrogen and oxygen atoms in total. The number of aromatic hydroxyl groups is 2. The van der Waals surface area contributed by atoms with Gasteiger partial charge in [0.15, 0.2) is 0 Å². The number of halogens is 3. The normalized spacial score (nSPS) is 12.6. The third-order valence-electron chi connectivity index (χ3n) is 4.20. The minimum absolute atomic E-state index is 0.0273. The van der Waals surface area contributed by atoms with Gasteiger partial charge in [0.25, 0.3) is 0 Å². The highest BCUT2D eigenvalue weighted by Gasteiger charge is 2.38. The summed E-state index contributed by atoms with van der Waals surface area (Å²) in [7, 11) is 0. The van der Waals surface area contributed by atoms with Crippen molar-refractivity contribution < 1.29 is 32.9 Å². The SMILES string of the molecule is CCCC(CCC(=O)Oc1cccc(O)c1-c1ccccc1O)C(F)(F)F. The molecule has 0 aliphatic rings. The smallest absolute Gasteiger partial charge is 0.391 e. The van der Waals surface area contributed by atoms with Crippen LogP contribution in [0.5, 0.6) is 17.2 Å². The fourth-order valence-electron chi connectivity index (χ4n) is 2.85. The Hall–Kier alpha value is -2.70. The van der Waals surface area contributed by atoms with Crippen LogP contribution in [0.3, 0.4) is 0 Å². The average molecular weight is 382 g/mol. The number of esters is 1. The van der Waals surface area contributed by atoms with Crippen LogP contribution in [0, 0.1) is 5.92 Å². The summed E-state index contributed by atoms with van der Waals surface area (Å²) in [5.41, 5.74) is 0.349. The predicted octanol–water partition coefficient (Wildman–Crippen LogP) is 5.43. The molecular weight excluding hydrogens is 361 g/mol. The fourth-order valence-corrected chi connectivity index (χ4v) is 2.85. The van der Waals surface area contributed by atoms with E-state index in [-0.39, 0.29) is 41.2 Å². The van der Waals surface area contributed by atoms with Gasteiger partial charge in [0.2, 0.25) is 0 Å². The summed E-state index contributed by atoms with van der Waals surface area (Å²) in [6, 6.07) is 10.4. The molecule has 0 saturated carbocycles. The number of phenolic OH excluding ortho intramolecular Hbond substituents is 2. The minimum Gasteiger partial charge on any atom is -0.507 e. The summed E-state index contributed by atoms with van der Waals surface area (Å²) in [5.74, 6) is -2.77. The highest BCUT2D eigenvalue weighted by Crippen LogP contribution is 2.42. The maximum absolute atomic E-state index is 13.0. The van der Waals surface area contributed by atoms with Crippen molar-refractivity contribution in [1.82, 2.24) is 0 Å². The topological polar surface area (TPSA) is 66.8 Å². The van der Waals surface area contributed by atoms with Crippen molar-refractivity contribution in [1.29, 1.82) is 0 Å². The Balaban J connectivity index is 2.17. The first-order valence-corrected chi connectivity index (χ1v) is 8.61. The van der Waals surface area contributed by atoms with E-state index in [0.717, 1.165) is 0 Å². The quantitative estimate of drug-likeness (QED) is 0.495. The van der Waals surface area contributed by atoms with E-state index >= 15 is 0 Å². The summed E-state index contributed by atoms with van der Waals surface area (Å²) >= 11 is 0. The number of carbonyl (C=O) groups excluding carboxylic acids is 1. The molecule has 1 unspecified atom stereocenters. The number of benzene rings is 2. The first kappa shape index (κ1) is 20.6. The predicted molar refractivity (Wildman–Crippen MR) is 94.5 cm³/mol. The summed E-state index contributed by atoms with van der Waals surface area (Å²) in [6.07, 6.45) is -4.81. The van der Waals surface area contributed by atoms with E-state index in [1.54, 1.807) is 19.1 Å². The average Bonchev–Trinajstić information content (AvgIpc) is 2.59. The third-order valence-corrected chi connectivity index (χ3v) is 4.20. The van der Waals surface area contributed by atoms with Crippen LogP contribution in [0.4, 0.5) is 13.2 Å². The largest absolute Gasteiger partial charge is 0.507 e. The van der Waals surface area contributed by atoms with E-state index in [9.17, 15) is 28.2 Å². The second kappa shape index (κ2) is 8.79. The van der Waals surface area contributed by atoms with Gasteiger partial charge in [0.1, 0.15) is 17.2 Å². The Morgan fingerprint density at radius 1 is 1.04 bits per heavy atom. The molecule has 0 aliphatic heterocycles. The van der Waals surface area contributed by atoms with Gasteiger partial charge >= 0.3 is 12.1 Å². The third kappa shape index (κ3) is 5.39. The molecule has 0 heterocycles. The Kier molecular flexibility index (Phi) is 6.71. The molecule has 2 rings (SSSR count). The lowest BCUT2D eigenvalue weighted by Crippen LogP contribution is -2.24. The lowest BCUT2D eigenvalue weighted by molar-refractivity contribution is -0.179. The number of phenols is 2. The molecule has 0 aliphatic carbocycles. The van der Waals surface area contributed by atoms with E-state index in [0.29, 0.717) is 6.42 Å². The molecule has 146 valence electrons. The first-order chi connectivity index (χ1) is 12.7. The van der Waals surface area contributed by atoms with Gasteiger partial charge < -0.3 is 14.9 Å². The van der Waals surface area contributed by atoms with Gasteiger partial charge in [-0.2, -0.15) is 13.2 Å². The van der Waals surface area contributed by atoms with Gasteiger partial charge in [-0.1, -0.05) is 37.6 Å². The highest BCUT2D eigenvalue weighted by atomic mass is 19.4. The second-order valence-electron chi connectivity index (χ2n) is 6.21. The molecule has 7 heteroatoms. The van der Waals surface area contributed by atoms with Crippen LogP contribution in [0.15, 0.2) is 42.5 Å². The standard InChI is InChI=1S/C20H21F3O4/c1-2-6-13(20(21,22)23)11-12-18(26)27-17-10-5-9-16(25)19(17)14-7-3-4-8-15(14)24/h3-5,7-10,13,24-25H,2,6,11-12H2,1H3. The van der Waals surface area contributed by atoms with Crippen LogP contribution in [0.1, 0.15) is 32.6 Å². The molecule has 0 amide bonds. The number of hydrogen-bond donors (Lipinski definition) is 2. The van der Waals surface area contributed by atoms with Crippen molar-refractivity contribution in [3.05, 3.63) is 42.5 Å². The molecule has 0 aromatic heterocycles. The van der Waals surface area contributed by atoms with Crippen molar-refractivity contribution in [2.45, 2.75) is 38.8 Å². The maximum Gasteiger partial charge on any atom is 0.391 e. The number of ether oxygens (including phenoxy) is 1. The van der Waals surface area contributed by atoms with Crippen LogP contribution in [0.2, 0.25) is 0 Å². The van der Waals surface area contributed by atoms with Gasteiger partial charge in [0.05, 0.1) is 11.5 Å². The van der Waals surface area contributed by atoms with E-state index in [4.69, 9.17) is 4.74 Å². The van der Waals surface area contributed by atoms with E-state index < -0.39 is 24.5 Å². The minimum atomic E-state index is -4.36. The number of carbonyl (C=O) groups is 1. The summed E-state index contributed by atoms with van der Waals surface area (Å²) in [6.45, 7) is 1.66. The molecule has 0 radical (unpaired) electrons. The first-order valence-electron chi connectivity index (χ1n) is 8.61. The number of rotatable bonds is 7. The van der Waals surface area contributed by atoms with Crippen LogP contribution in [0.25, 0.3) is 11.1 Å². The van der Waals surface area contributed by atoms with Crippen molar-refractivity contribution in [2.24, 2.45) is 5.92 Å². The van der Waals surface area contributed by atoms with Crippen molar-refractivity contribution in [3.8, 4) is 28.4 Å². The molecule has 0 saturated heterocycles. The van der Waals surface area contributed by atoms with Crippen LogP contribution in [-0.4, -0.2) is 22.4 Å². The fraction of sp³-hybridized carbons (Fsp3) is 0.350. The molecule has 1 atom stereocenters. The summed E-state index contributed by atoms with van der Waals surface area (Å²) in [5, 5.41) is 20.1. The van der Waals surface area contributed by atoms with Crippen LogP contribution >= 0.6 is 0 Å². The van der Waals surface area contributed by atoms with Crippen molar-refractivity contribution in [3.63, 3.8) is 0 Å². The molecule has 2 aromatic rings. The zero-order chi connectivity index (χ0) is 20.0. The van der Waals surface area contributed by atoms with Crippen molar-refractivity contribution in [2.75, 3.05) is 0 Å². The Morgan fingerprint density at radius 3 is 2.33 bits per heavy atom. The molecule has 2 N–H and O–H groups in total. The molecular formula is C20H21F3O4. The lowest BCUT2D eigenvalue weighted by atomic mass is 9.97. The van der Waals surface area contributed by atoms with Gasteiger partial charge in [0, 0.05) is 12.0 Å².